The number of rotatable bonds is 4. The van der Waals surface area contributed by atoms with Crippen LogP contribution in [0.4, 0.5) is 10.1 Å². The molecule has 0 aliphatic rings. The van der Waals surface area contributed by atoms with Crippen LogP contribution in [0.2, 0.25) is 0 Å². The van der Waals surface area contributed by atoms with Gasteiger partial charge in [0.2, 0.25) is 5.91 Å². The Bertz CT molecular complexity index is 1090. The van der Waals surface area contributed by atoms with Crippen molar-refractivity contribution in [2.24, 2.45) is 0 Å². The number of carbonyl (C=O) groups is 1. The summed E-state index contributed by atoms with van der Waals surface area (Å²) in [7, 11) is 0. The van der Waals surface area contributed by atoms with Crippen molar-refractivity contribution < 1.29 is 9.18 Å². The van der Waals surface area contributed by atoms with E-state index < -0.39 is 0 Å². The Morgan fingerprint density at radius 1 is 1.14 bits per heavy atom. The van der Waals surface area contributed by atoms with E-state index in [1.165, 1.54) is 6.07 Å². The predicted molar refractivity (Wildman–Crippen MR) is 115 cm³/mol. The Hall–Kier alpha value is -2.76. The minimum Gasteiger partial charge on any atom is -0.326 e. The summed E-state index contributed by atoms with van der Waals surface area (Å²) in [6.45, 7) is 14.1. The van der Waals surface area contributed by atoms with E-state index in [1.54, 1.807) is 19.1 Å². The molecule has 3 rings (SSSR count). The van der Waals surface area contributed by atoms with E-state index in [-0.39, 0.29) is 17.3 Å². The lowest BCUT2D eigenvalue weighted by Gasteiger charge is -2.20. The molecule has 2 aromatic heterocycles. The summed E-state index contributed by atoms with van der Waals surface area (Å²) >= 11 is 0. The number of halogens is 1. The van der Waals surface area contributed by atoms with Crippen molar-refractivity contribution >= 4 is 22.6 Å². The number of hydrogen-bond donors (Lipinski definition) is 1. The van der Waals surface area contributed by atoms with Crippen LogP contribution >= 0.6 is 0 Å². The van der Waals surface area contributed by atoms with Crippen LogP contribution < -0.4 is 5.32 Å². The van der Waals surface area contributed by atoms with Gasteiger partial charge in [0.15, 0.2) is 5.65 Å². The molecule has 0 aliphatic carbocycles. The van der Waals surface area contributed by atoms with Crippen molar-refractivity contribution in [2.45, 2.75) is 66.8 Å². The van der Waals surface area contributed by atoms with E-state index >= 15 is 0 Å². The summed E-state index contributed by atoms with van der Waals surface area (Å²) in [6.07, 6.45) is 0.873. The van der Waals surface area contributed by atoms with Crippen LogP contribution in [0.1, 0.15) is 55.3 Å². The van der Waals surface area contributed by atoms with Crippen molar-refractivity contribution in [3.05, 3.63) is 52.1 Å². The molecule has 5 nitrogen and oxygen atoms in total. The van der Waals surface area contributed by atoms with E-state index in [2.05, 4.69) is 33.0 Å². The normalized spacial score (nSPS) is 11.9. The van der Waals surface area contributed by atoms with Crippen LogP contribution in [0.3, 0.4) is 0 Å². The highest BCUT2D eigenvalue weighted by Gasteiger charge is 2.23. The number of aromatic nitrogens is 3. The summed E-state index contributed by atoms with van der Waals surface area (Å²) in [4.78, 5) is 17.2. The average Bonchev–Trinajstić information content (AvgIpc) is 2.94. The summed E-state index contributed by atoms with van der Waals surface area (Å²) < 4.78 is 15.7. The average molecular weight is 397 g/mol. The lowest BCUT2D eigenvalue weighted by Crippen LogP contribution is -2.23. The molecular weight excluding hydrogens is 367 g/mol. The zero-order valence-electron chi connectivity index (χ0n) is 18.3. The first-order valence-corrected chi connectivity index (χ1v) is 9.91. The standard InChI is InChI=1S/C23H29FN4O/c1-13-8-9-17(12-19(13)24)26-20(29)11-10-18-14(2)21-16(4)27-28(23(5,6)7)22(21)25-15(18)3/h8-9,12H,10-11H2,1-7H3,(H,26,29). The maximum atomic E-state index is 13.7. The van der Waals surface area contributed by atoms with Gasteiger partial charge >= 0.3 is 0 Å². The molecule has 0 radical (unpaired) electrons. The van der Waals surface area contributed by atoms with Gasteiger partial charge < -0.3 is 5.32 Å². The first-order valence-electron chi connectivity index (χ1n) is 9.91. The van der Waals surface area contributed by atoms with Crippen molar-refractivity contribution in [1.82, 2.24) is 14.8 Å². The number of carbonyl (C=O) groups excluding carboxylic acids is 1. The van der Waals surface area contributed by atoms with Gasteiger partial charge in [-0.1, -0.05) is 6.07 Å². The fraction of sp³-hybridized carbons (Fsp3) is 0.435. The highest BCUT2D eigenvalue weighted by molar-refractivity contribution is 5.91. The van der Waals surface area contributed by atoms with E-state index in [1.807, 2.05) is 18.5 Å². The minimum atomic E-state index is -0.324. The van der Waals surface area contributed by atoms with E-state index in [0.29, 0.717) is 24.1 Å². The summed E-state index contributed by atoms with van der Waals surface area (Å²) in [5.41, 5.74) is 5.79. The number of amides is 1. The van der Waals surface area contributed by atoms with Crippen LogP contribution in [0.5, 0.6) is 0 Å². The quantitative estimate of drug-likeness (QED) is 0.665. The molecule has 0 aliphatic heterocycles. The molecule has 1 N–H and O–H groups in total. The topological polar surface area (TPSA) is 59.8 Å². The Balaban J connectivity index is 1.84. The molecule has 1 amide bonds. The van der Waals surface area contributed by atoms with Gasteiger partial charge in [0, 0.05) is 23.2 Å². The monoisotopic (exact) mass is 396 g/mol. The highest BCUT2D eigenvalue weighted by atomic mass is 19.1. The second-order valence-corrected chi connectivity index (χ2v) is 8.68. The Morgan fingerprint density at radius 2 is 1.83 bits per heavy atom. The van der Waals surface area contributed by atoms with Crippen LogP contribution in [0.15, 0.2) is 18.2 Å². The SMILES string of the molecule is Cc1ccc(NC(=O)CCc2c(C)nc3c(c(C)nn3C(C)(C)C)c2C)cc1F. The number of pyridine rings is 1. The molecule has 0 bridgehead atoms. The molecule has 0 saturated carbocycles. The first-order chi connectivity index (χ1) is 13.5. The van der Waals surface area contributed by atoms with Crippen molar-refractivity contribution in [1.29, 1.82) is 0 Å². The van der Waals surface area contributed by atoms with Crippen molar-refractivity contribution in [3.8, 4) is 0 Å². The highest BCUT2D eigenvalue weighted by Crippen LogP contribution is 2.29. The maximum Gasteiger partial charge on any atom is 0.224 e. The third-order valence-corrected chi connectivity index (χ3v) is 5.27. The number of hydrogen-bond acceptors (Lipinski definition) is 3. The first kappa shape index (κ1) is 21.0. The number of fused-ring (bicyclic) bond motifs is 1. The molecule has 3 aromatic rings. The lowest BCUT2D eigenvalue weighted by molar-refractivity contribution is -0.116. The van der Waals surface area contributed by atoms with Crippen molar-refractivity contribution in [2.75, 3.05) is 5.32 Å². The molecule has 29 heavy (non-hydrogen) atoms. The molecule has 2 heterocycles. The van der Waals surface area contributed by atoms with Gasteiger partial charge in [-0.05, 0) is 83.7 Å². The maximum absolute atomic E-state index is 13.7. The molecule has 1 aromatic carbocycles. The molecule has 0 spiro atoms. The Labute approximate surface area is 171 Å². The lowest BCUT2D eigenvalue weighted by atomic mass is 9.99. The second kappa shape index (κ2) is 7.58. The van der Waals surface area contributed by atoms with Gasteiger partial charge in [-0.15, -0.1) is 0 Å². The van der Waals surface area contributed by atoms with Crippen molar-refractivity contribution in [3.63, 3.8) is 0 Å². The number of benzene rings is 1. The fourth-order valence-electron chi connectivity index (χ4n) is 3.67. The van der Waals surface area contributed by atoms with Gasteiger partial charge in [0.05, 0.1) is 11.2 Å². The Kier molecular flexibility index (Phi) is 5.48. The van der Waals surface area contributed by atoms with E-state index in [9.17, 15) is 9.18 Å². The van der Waals surface area contributed by atoms with E-state index in [4.69, 9.17) is 10.1 Å². The molecule has 0 atom stereocenters. The van der Waals surface area contributed by atoms with Crippen LogP contribution in [0.25, 0.3) is 11.0 Å². The second-order valence-electron chi connectivity index (χ2n) is 8.68. The molecule has 0 unspecified atom stereocenters. The number of anilines is 1. The van der Waals surface area contributed by atoms with Crippen LogP contribution in [0, 0.1) is 33.5 Å². The van der Waals surface area contributed by atoms with Crippen LogP contribution in [-0.2, 0) is 16.8 Å². The molecule has 0 fully saturated rings. The summed E-state index contributed by atoms with van der Waals surface area (Å²) in [5, 5.41) is 8.54. The smallest absolute Gasteiger partial charge is 0.224 e. The van der Waals surface area contributed by atoms with Gasteiger partial charge in [-0.2, -0.15) is 5.10 Å². The number of nitrogens with one attached hydrogen (secondary N) is 1. The summed E-state index contributed by atoms with van der Waals surface area (Å²) in [5.74, 6) is -0.468. The minimum absolute atomic E-state index is 0.144. The third-order valence-electron chi connectivity index (χ3n) is 5.27. The summed E-state index contributed by atoms with van der Waals surface area (Å²) in [6, 6.07) is 4.72. The van der Waals surface area contributed by atoms with Gasteiger partial charge in [0.1, 0.15) is 5.82 Å². The van der Waals surface area contributed by atoms with E-state index in [0.717, 1.165) is 33.5 Å². The zero-order valence-corrected chi connectivity index (χ0v) is 18.3. The van der Waals surface area contributed by atoms with Gasteiger partial charge in [-0.3, -0.25) is 4.79 Å². The largest absolute Gasteiger partial charge is 0.326 e. The fourth-order valence-corrected chi connectivity index (χ4v) is 3.67. The van der Waals surface area contributed by atoms with Gasteiger partial charge in [-0.25, -0.2) is 14.1 Å². The third kappa shape index (κ3) is 4.16. The molecule has 6 heteroatoms. The zero-order chi connectivity index (χ0) is 21.5. The Morgan fingerprint density at radius 3 is 2.45 bits per heavy atom. The molecule has 154 valence electrons. The molecule has 0 saturated heterocycles. The predicted octanol–water partition coefficient (Wildman–Crippen LogP) is 5.13. The van der Waals surface area contributed by atoms with Gasteiger partial charge in [0.25, 0.3) is 0 Å². The molecular formula is C23H29FN4O. The number of nitrogens with zero attached hydrogens (tertiary/aromatic N) is 3. The number of aryl methyl sites for hydroxylation is 4. The van der Waals surface area contributed by atoms with Crippen LogP contribution in [-0.4, -0.2) is 20.7 Å².